The first kappa shape index (κ1) is 13.9. The molecule has 0 atom stereocenters. The van der Waals surface area contributed by atoms with Crippen LogP contribution >= 0.6 is 11.8 Å². The van der Waals surface area contributed by atoms with E-state index in [9.17, 15) is 0 Å². The lowest BCUT2D eigenvalue weighted by molar-refractivity contribution is 0.318. The summed E-state index contributed by atoms with van der Waals surface area (Å²) in [6, 6.07) is 18.1. The van der Waals surface area contributed by atoms with Gasteiger partial charge in [-0.25, -0.2) is 0 Å². The number of hydrogen-bond acceptors (Lipinski definition) is 4. The summed E-state index contributed by atoms with van der Waals surface area (Å²) in [6.07, 6.45) is 2.78. The number of nitrogens with zero attached hydrogens (tertiary/aromatic N) is 2. The first-order valence-corrected chi connectivity index (χ1v) is 7.93. The Kier molecular flexibility index (Phi) is 4.69. The first-order chi connectivity index (χ1) is 10.4. The Balaban J connectivity index is 1.51. The molecule has 21 heavy (non-hydrogen) atoms. The lowest BCUT2D eigenvalue weighted by Gasteiger charge is -2.06. The highest BCUT2D eigenvalue weighted by atomic mass is 32.2. The molecule has 3 aromatic rings. The number of rotatable bonds is 6. The van der Waals surface area contributed by atoms with Gasteiger partial charge in [-0.3, -0.25) is 0 Å². The van der Waals surface area contributed by atoms with Crippen LogP contribution in [0.3, 0.4) is 0 Å². The molecule has 0 aliphatic rings. The summed E-state index contributed by atoms with van der Waals surface area (Å²) in [5, 5.41) is 11.6. The van der Waals surface area contributed by atoms with Crippen molar-refractivity contribution in [3.63, 3.8) is 0 Å². The summed E-state index contributed by atoms with van der Waals surface area (Å²) in [7, 11) is 0. The van der Waals surface area contributed by atoms with E-state index in [0.717, 1.165) is 34.9 Å². The Morgan fingerprint density at radius 2 is 1.76 bits per heavy atom. The van der Waals surface area contributed by atoms with Crippen molar-refractivity contribution in [3.05, 3.63) is 60.8 Å². The number of ether oxygens (including phenoxy) is 1. The van der Waals surface area contributed by atoms with E-state index >= 15 is 0 Å². The van der Waals surface area contributed by atoms with Crippen molar-refractivity contribution in [2.24, 2.45) is 0 Å². The minimum atomic E-state index is 0.717. The Morgan fingerprint density at radius 1 is 0.952 bits per heavy atom. The molecule has 1 heterocycles. The Morgan fingerprint density at radius 3 is 2.67 bits per heavy atom. The average molecular weight is 296 g/mol. The molecule has 0 bridgehead atoms. The van der Waals surface area contributed by atoms with Gasteiger partial charge in [0.05, 0.1) is 12.8 Å². The predicted octanol–water partition coefficient (Wildman–Crippen LogP) is 4.19. The molecule has 0 fully saturated rings. The number of benzene rings is 2. The summed E-state index contributed by atoms with van der Waals surface area (Å²) in [5.41, 5.74) is 0. The van der Waals surface area contributed by atoms with Crippen LogP contribution in [0.2, 0.25) is 0 Å². The lowest BCUT2D eigenvalue weighted by Crippen LogP contribution is -1.99. The van der Waals surface area contributed by atoms with Crippen molar-refractivity contribution < 1.29 is 4.74 Å². The highest BCUT2D eigenvalue weighted by Gasteiger charge is 2.03. The van der Waals surface area contributed by atoms with Gasteiger partial charge in [0.2, 0.25) is 0 Å². The molecule has 0 radical (unpaired) electrons. The zero-order chi connectivity index (χ0) is 14.3. The molecule has 3 rings (SSSR count). The van der Waals surface area contributed by atoms with Gasteiger partial charge in [-0.1, -0.05) is 42.5 Å². The van der Waals surface area contributed by atoms with Crippen LogP contribution in [0.1, 0.15) is 6.42 Å². The third-order valence-electron chi connectivity index (χ3n) is 3.08. The van der Waals surface area contributed by atoms with E-state index in [-0.39, 0.29) is 0 Å². The second-order valence-corrected chi connectivity index (χ2v) is 5.68. The fourth-order valence-electron chi connectivity index (χ4n) is 2.04. The van der Waals surface area contributed by atoms with Gasteiger partial charge < -0.3 is 4.74 Å². The smallest absolute Gasteiger partial charge is 0.127 e. The van der Waals surface area contributed by atoms with Gasteiger partial charge in [-0.15, -0.1) is 16.9 Å². The standard InChI is InChI=1S/C17H16N2OS/c1-2-8-15(9-3-1)20-11-6-12-21-17-16-10-5-4-7-14(16)13-18-19-17/h1-5,7-10,13H,6,11-12H2. The minimum Gasteiger partial charge on any atom is -0.494 e. The summed E-state index contributed by atoms with van der Waals surface area (Å²) in [4.78, 5) is 0. The molecule has 0 saturated carbocycles. The summed E-state index contributed by atoms with van der Waals surface area (Å²) >= 11 is 1.73. The lowest BCUT2D eigenvalue weighted by atomic mass is 10.2. The fraction of sp³-hybridized carbons (Fsp3) is 0.176. The SMILES string of the molecule is c1ccc(OCCCSc2nncc3ccccc23)cc1. The van der Waals surface area contributed by atoms with Crippen LogP contribution in [0, 0.1) is 0 Å². The summed E-state index contributed by atoms with van der Waals surface area (Å²) in [5.74, 6) is 1.89. The normalized spacial score (nSPS) is 10.7. The van der Waals surface area contributed by atoms with Crippen LogP contribution in [-0.4, -0.2) is 22.6 Å². The first-order valence-electron chi connectivity index (χ1n) is 6.94. The Labute approximate surface area is 128 Å². The highest BCUT2D eigenvalue weighted by Crippen LogP contribution is 2.25. The molecule has 0 aliphatic carbocycles. The Bertz CT molecular complexity index is 698. The zero-order valence-corrected chi connectivity index (χ0v) is 12.4. The van der Waals surface area contributed by atoms with E-state index in [4.69, 9.17) is 4.74 Å². The van der Waals surface area contributed by atoms with Crippen LogP contribution in [0.25, 0.3) is 10.8 Å². The molecule has 3 nitrogen and oxygen atoms in total. The van der Waals surface area contributed by atoms with Crippen molar-refractivity contribution in [3.8, 4) is 5.75 Å². The highest BCUT2D eigenvalue weighted by molar-refractivity contribution is 7.99. The maximum absolute atomic E-state index is 5.68. The van der Waals surface area contributed by atoms with Crippen molar-refractivity contribution in [1.29, 1.82) is 0 Å². The predicted molar refractivity (Wildman–Crippen MR) is 86.8 cm³/mol. The maximum Gasteiger partial charge on any atom is 0.127 e. The molecule has 0 aliphatic heterocycles. The topological polar surface area (TPSA) is 35.0 Å². The molecule has 0 saturated heterocycles. The largest absolute Gasteiger partial charge is 0.494 e. The van der Waals surface area contributed by atoms with Gasteiger partial charge in [-0.05, 0) is 18.6 Å². The van der Waals surface area contributed by atoms with Gasteiger partial charge in [-0.2, -0.15) is 5.10 Å². The second-order valence-electron chi connectivity index (χ2n) is 4.60. The molecule has 0 N–H and O–H groups in total. The van der Waals surface area contributed by atoms with E-state index in [2.05, 4.69) is 22.3 Å². The van der Waals surface area contributed by atoms with Crippen molar-refractivity contribution in [2.75, 3.05) is 12.4 Å². The van der Waals surface area contributed by atoms with Gasteiger partial charge in [0, 0.05) is 16.5 Å². The van der Waals surface area contributed by atoms with E-state index < -0.39 is 0 Å². The average Bonchev–Trinajstić information content (AvgIpc) is 2.56. The number of thioether (sulfide) groups is 1. The molecule has 4 heteroatoms. The van der Waals surface area contributed by atoms with Crippen LogP contribution in [-0.2, 0) is 0 Å². The molecular formula is C17H16N2OS. The molecule has 106 valence electrons. The zero-order valence-electron chi connectivity index (χ0n) is 11.6. The van der Waals surface area contributed by atoms with E-state index in [1.807, 2.05) is 42.5 Å². The second kappa shape index (κ2) is 7.09. The van der Waals surface area contributed by atoms with E-state index in [1.165, 1.54) is 5.39 Å². The van der Waals surface area contributed by atoms with Crippen molar-refractivity contribution in [1.82, 2.24) is 10.2 Å². The number of fused-ring (bicyclic) bond motifs is 1. The fourth-order valence-corrected chi connectivity index (χ4v) is 2.94. The van der Waals surface area contributed by atoms with E-state index in [1.54, 1.807) is 18.0 Å². The van der Waals surface area contributed by atoms with Gasteiger partial charge in [0.1, 0.15) is 10.8 Å². The van der Waals surface area contributed by atoms with Gasteiger partial charge >= 0.3 is 0 Å². The Hall–Kier alpha value is -2.07. The molecular weight excluding hydrogens is 280 g/mol. The quantitative estimate of drug-likeness (QED) is 0.504. The monoisotopic (exact) mass is 296 g/mol. The number of para-hydroxylation sites is 1. The van der Waals surface area contributed by atoms with Crippen LogP contribution in [0.5, 0.6) is 5.75 Å². The minimum absolute atomic E-state index is 0.717. The third-order valence-corrected chi connectivity index (χ3v) is 4.14. The van der Waals surface area contributed by atoms with Crippen molar-refractivity contribution in [2.45, 2.75) is 11.4 Å². The number of hydrogen-bond donors (Lipinski definition) is 0. The summed E-state index contributed by atoms with van der Waals surface area (Å²) < 4.78 is 5.68. The molecule has 0 unspecified atom stereocenters. The maximum atomic E-state index is 5.68. The molecule has 0 amide bonds. The summed E-state index contributed by atoms with van der Waals surface area (Å²) in [6.45, 7) is 0.717. The molecule has 1 aromatic heterocycles. The molecule has 0 spiro atoms. The van der Waals surface area contributed by atoms with Gasteiger partial charge in [0.15, 0.2) is 0 Å². The van der Waals surface area contributed by atoms with Crippen LogP contribution < -0.4 is 4.74 Å². The third kappa shape index (κ3) is 3.73. The molecule has 2 aromatic carbocycles. The van der Waals surface area contributed by atoms with Crippen LogP contribution in [0.4, 0.5) is 0 Å². The van der Waals surface area contributed by atoms with E-state index in [0.29, 0.717) is 0 Å². The van der Waals surface area contributed by atoms with Gasteiger partial charge in [0.25, 0.3) is 0 Å². The number of aromatic nitrogens is 2. The van der Waals surface area contributed by atoms with Crippen LogP contribution in [0.15, 0.2) is 65.8 Å². The van der Waals surface area contributed by atoms with Crippen molar-refractivity contribution >= 4 is 22.5 Å².